The van der Waals surface area contributed by atoms with E-state index in [1.54, 1.807) is 0 Å². The molecule has 7 heteroatoms. The first-order valence-corrected chi connectivity index (χ1v) is 11.0. The fourth-order valence-corrected chi connectivity index (χ4v) is 4.39. The summed E-state index contributed by atoms with van der Waals surface area (Å²) in [6.45, 7) is 5.95. The Bertz CT molecular complexity index is 1400. The van der Waals surface area contributed by atoms with Crippen molar-refractivity contribution in [2.75, 3.05) is 0 Å². The van der Waals surface area contributed by atoms with Crippen LogP contribution < -0.4 is 19.6 Å². The van der Waals surface area contributed by atoms with Crippen LogP contribution in [0, 0.1) is 0 Å². The normalized spacial score (nSPS) is 16.3. The van der Waals surface area contributed by atoms with E-state index in [-0.39, 0.29) is 17.8 Å². The zero-order valence-corrected chi connectivity index (χ0v) is 18.2. The summed E-state index contributed by atoms with van der Waals surface area (Å²) in [5, 5.41) is 4.43. The molecular weight excluding hydrogens is 410 g/mol. The number of nitrogens with zero attached hydrogens (tertiary/aromatic N) is 3. The predicted octanol–water partition coefficient (Wildman–Crippen LogP) is 3.97. The van der Waals surface area contributed by atoms with Gasteiger partial charge in [-0.2, -0.15) is 9.50 Å². The molecule has 0 saturated carbocycles. The Labute approximate surface area is 183 Å². The first-order valence-electron chi connectivity index (χ1n) is 10.1. The highest BCUT2D eigenvalue weighted by molar-refractivity contribution is 7.15. The average Bonchev–Trinajstić information content (AvgIpc) is 3.28. The number of rotatable bonds is 4. The molecule has 2 aromatic heterocycles. The maximum atomic E-state index is 12.9. The smallest absolute Gasteiger partial charge is 0.291 e. The van der Waals surface area contributed by atoms with Crippen molar-refractivity contribution in [2.45, 2.75) is 33.0 Å². The Hall–Kier alpha value is -3.45. The van der Waals surface area contributed by atoms with Crippen LogP contribution >= 0.6 is 11.3 Å². The van der Waals surface area contributed by atoms with E-state index >= 15 is 0 Å². The lowest BCUT2D eigenvalue weighted by atomic mass is 10.0. The number of aromatic nitrogens is 3. The van der Waals surface area contributed by atoms with E-state index < -0.39 is 0 Å². The van der Waals surface area contributed by atoms with Crippen molar-refractivity contribution in [3.8, 4) is 22.9 Å². The van der Waals surface area contributed by atoms with Gasteiger partial charge in [-0.15, -0.1) is 5.10 Å². The molecule has 31 heavy (non-hydrogen) atoms. The summed E-state index contributed by atoms with van der Waals surface area (Å²) < 4.78 is 13.6. The quantitative estimate of drug-likeness (QED) is 0.489. The van der Waals surface area contributed by atoms with E-state index in [4.69, 9.17) is 9.47 Å². The summed E-state index contributed by atoms with van der Waals surface area (Å²) in [6, 6.07) is 15.4. The Morgan fingerprint density at radius 3 is 2.68 bits per heavy atom. The van der Waals surface area contributed by atoms with E-state index in [9.17, 15) is 4.79 Å². The highest BCUT2D eigenvalue weighted by Crippen LogP contribution is 2.29. The number of para-hydroxylation sites is 1. The predicted molar refractivity (Wildman–Crippen MR) is 123 cm³/mol. The molecule has 3 heterocycles. The number of hydrogen-bond acceptors (Lipinski definition) is 6. The number of benzene rings is 2. The second-order valence-electron chi connectivity index (χ2n) is 7.68. The van der Waals surface area contributed by atoms with Gasteiger partial charge in [-0.3, -0.25) is 4.79 Å². The third kappa shape index (κ3) is 3.72. The topological polar surface area (TPSA) is 65.7 Å². The SMILES string of the molecule is CC(C)Oc1ccc(-c2nc3s/c(=C/C4=Cc5ccccc5O[C@@H]4C)c(=O)n3n2)cc1. The Balaban J connectivity index is 1.49. The molecule has 156 valence electrons. The van der Waals surface area contributed by atoms with E-state index in [1.165, 1.54) is 15.9 Å². The van der Waals surface area contributed by atoms with Crippen molar-refractivity contribution in [3.63, 3.8) is 0 Å². The minimum Gasteiger partial charge on any atom is -0.491 e. The molecule has 1 aliphatic heterocycles. The monoisotopic (exact) mass is 431 g/mol. The molecule has 0 fully saturated rings. The zero-order valence-electron chi connectivity index (χ0n) is 17.4. The van der Waals surface area contributed by atoms with Crippen LogP contribution in [0.5, 0.6) is 11.5 Å². The molecule has 0 amide bonds. The fourth-order valence-electron chi connectivity index (χ4n) is 3.48. The lowest BCUT2D eigenvalue weighted by molar-refractivity contribution is 0.242. The minimum atomic E-state index is -0.175. The molecule has 0 bridgehead atoms. The number of ether oxygens (including phenoxy) is 2. The first kappa shape index (κ1) is 19.5. The molecule has 4 aromatic rings. The standard InChI is InChI=1S/C24H21N3O3S/c1-14(2)29-19-10-8-16(9-11-19)22-25-24-27(26-22)23(28)21(31-24)13-18-12-17-6-4-5-7-20(17)30-15(18)3/h4-15H,1-3H3/b21-13+/t15-/m1/s1. The molecule has 0 spiro atoms. The summed E-state index contributed by atoms with van der Waals surface area (Å²) >= 11 is 1.33. The highest BCUT2D eigenvalue weighted by atomic mass is 32.1. The van der Waals surface area contributed by atoms with Gasteiger partial charge in [-0.25, -0.2) is 0 Å². The van der Waals surface area contributed by atoms with Crippen LogP contribution in [-0.2, 0) is 0 Å². The molecule has 0 saturated heterocycles. The highest BCUT2D eigenvalue weighted by Gasteiger charge is 2.18. The Morgan fingerprint density at radius 2 is 1.94 bits per heavy atom. The van der Waals surface area contributed by atoms with Crippen LogP contribution in [0.3, 0.4) is 0 Å². The zero-order chi connectivity index (χ0) is 21.5. The van der Waals surface area contributed by atoms with Gasteiger partial charge in [0.15, 0.2) is 5.82 Å². The molecule has 6 nitrogen and oxygen atoms in total. The van der Waals surface area contributed by atoms with E-state index in [0.717, 1.165) is 28.2 Å². The number of thiazole rings is 1. The molecule has 0 N–H and O–H groups in total. The maximum Gasteiger partial charge on any atom is 0.291 e. The maximum absolute atomic E-state index is 12.9. The Kier molecular flexibility index (Phi) is 4.82. The van der Waals surface area contributed by atoms with Gasteiger partial charge in [-0.1, -0.05) is 29.5 Å². The molecule has 5 rings (SSSR count). The largest absolute Gasteiger partial charge is 0.491 e. The van der Waals surface area contributed by atoms with Crippen LogP contribution in [0.25, 0.3) is 28.5 Å². The molecule has 0 radical (unpaired) electrons. The van der Waals surface area contributed by atoms with Gasteiger partial charge in [0.1, 0.15) is 17.6 Å². The first-order chi connectivity index (χ1) is 15.0. The third-order valence-electron chi connectivity index (χ3n) is 4.98. The van der Waals surface area contributed by atoms with Crippen molar-refractivity contribution in [1.29, 1.82) is 0 Å². The van der Waals surface area contributed by atoms with Crippen molar-refractivity contribution in [3.05, 3.63) is 74.6 Å². The number of hydrogen-bond donors (Lipinski definition) is 0. The molecule has 2 aromatic carbocycles. The van der Waals surface area contributed by atoms with Crippen molar-refractivity contribution >= 4 is 28.4 Å². The van der Waals surface area contributed by atoms with Crippen LogP contribution in [0.1, 0.15) is 26.3 Å². The summed E-state index contributed by atoms with van der Waals surface area (Å²) in [6.07, 6.45) is 3.91. The molecule has 0 aliphatic carbocycles. The van der Waals surface area contributed by atoms with Gasteiger partial charge < -0.3 is 9.47 Å². The Morgan fingerprint density at radius 1 is 1.16 bits per heavy atom. The lowest BCUT2D eigenvalue weighted by Gasteiger charge is -2.22. The minimum absolute atomic E-state index is 0.112. The van der Waals surface area contributed by atoms with Crippen LogP contribution in [0.4, 0.5) is 0 Å². The van der Waals surface area contributed by atoms with Crippen LogP contribution in [0.2, 0.25) is 0 Å². The van der Waals surface area contributed by atoms with Crippen molar-refractivity contribution < 1.29 is 9.47 Å². The van der Waals surface area contributed by atoms with Crippen molar-refractivity contribution in [1.82, 2.24) is 14.6 Å². The fraction of sp³-hybridized carbons (Fsp3) is 0.208. The molecular formula is C24H21N3O3S. The lowest BCUT2D eigenvalue weighted by Crippen LogP contribution is -2.26. The number of fused-ring (bicyclic) bond motifs is 2. The third-order valence-corrected chi connectivity index (χ3v) is 5.94. The van der Waals surface area contributed by atoms with Gasteiger partial charge in [0.2, 0.25) is 4.96 Å². The van der Waals surface area contributed by atoms with Gasteiger partial charge in [-0.05, 0) is 68.8 Å². The van der Waals surface area contributed by atoms with Gasteiger partial charge >= 0.3 is 0 Å². The second-order valence-corrected chi connectivity index (χ2v) is 8.69. The van der Waals surface area contributed by atoms with Gasteiger partial charge in [0, 0.05) is 11.1 Å². The molecule has 1 atom stereocenters. The summed E-state index contributed by atoms with van der Waals surface area (Å²) in [4.78, 5) is 18.1. The molecule has 0 unspecified atom stereocenters. The molecule has 1 aliphatic rings. The van der Waals surface area contributed by atoms with E-state index in [0.29, 0.717) is 15.3 Å². The summed E-state index contributed by atoms with van der Waals surface area (Å²) in [5.41, 5.74) is 2.61. The van der Waals surface area contributed by atoms with Gasteiger partial charge in [0.05, 0.1) is 10.6 Å². The van der Waals surface area contributed by atoms with E-state index in [2.05, 4.69) is 16.2 Å². The van der Waals surface area contributed by atoms with Crippen LogP contribution in [0.15, 0.2) is 58.9 Å². The van der Waals surface area contributed by atoms with E-state index in [1.807, 2.05) is 75.4 Å². The average molecular weight is 432 g/mol. The van der Waals surface area contributed by atoms with Gasteiger partial charge in [0.25, 0.3) is 5.56 Å². The summed E-state index contributed by atoms with van der Waals surface area (Å²) in [5.74, 6) is 2.17. The van der Waals surface area contributed by atoms with Crippen LogP contribution in [-0.4, -0.2) is 26.8 Å². The summed E-state index contributed by atoms with van der Waals surface area (Å²) in [7, 11) is 0. The van der Waals surface area contributed by atoms with Crippen molar-refractivity contribution in [2.24, 2.45) is 0 Å². The second kappa shape index (κ2) is 7.67.